The molecule has 34 heavy (non-hydrogen) atoms. The normalized spacial score (nSPS) is 18.1. The number of hydrogen-bond donors (Lipinski definition) is 1. The van der Waals surface area contributed by atoms with Crippen molar-refractivity contribution in [2.24, 2.45) is 0 Å². The van der Waals surface area contributed by atoms with Gasteiger partial charge in [0.15, 0.2) is 0 Å². The van der Waals surface area contributed by atoms with Gasteiger partial charge in [0.05, 0.1) is 24.3 Å². The zero-order valence-electron chi connectivity index (χ0n) is 21.1. The lowest BCUT2D eigenvalue weighted by atomic mass is 9.85. The molecule has 1 atom stereocenters. The Morgan fingerprint density at radius 1 is 1.03 bits per heavy atom. The van der Waals surface area contributed by atoms with Gasteiger partial charge in [0.2, 0.25) is 0 Å². The smallest absolute Gasteiger partial charge is 0.295 e. The predicted octanol–water partition coefficient (Wildman–Crippen LogP) is 4.76. The lowest BCUT2D eigenvalue weighted by Crippen LogP contribution is -2.38. The molecule has 1 aliphatic heterocycles. The monoisotopic (exact) mass is 464 g/mol. The number of carbonyl (C=O) groups excluding carboxylic acids is 2. The van der Waals surface area contributed by atoms with Crippen molar-refractivity contribution in [3.63, 3.8) is 0 Å². The molecule has 0 spiro atoms. The van der Waals surface area contributed by atoms with Gasteiger partial charge in [-0.05, 0) is 41.8 Å². The number of likely N-dealkylation sites (N-methyl/N-ethyl adjacent to an activating group) is 1. The van der Waals surface area contributed by atoms with E-state index < -0.39 is 17.7 Å². The van der Waals surface area contributed by atoms with E-state index in [0.717, 1.165) is 24.2 Å². The Hall–Kier alpha value is -3.12. The van der Waals surface area contributed by atoms with Gasteiger partial charge in [0.25, 0.3) is 11.7 Å². The van der Waals surface area contributed by atoms with Crippen LogP contribution in [0.1, 0.15) is 57.4 Å². The molecule has 1 unspecified atom stereocenters. The Balaban J connectivity index is 2.14. The fourth-order valence-corrected chi connectivity index (χ4v) is 4.40. The Kier molecular flexibility index (Phi) is 7.82. The van der Waals surface area contributed by atoms with Crippen molar-refractivity contribution in [2.75, 3.05) is 33.3 Å². The summed E-state index contributed by atoms with van der Waals surface area (Å²) in [4.78, 5) is 30.2. The molecule has 1 heterocycles. The number of methoxy groups -OCH3 is 1. The molecular weight excluding hydrogens is 428 g/mol. The Labute approximate surface area is 202 Å². The largest absolute Gasteiger partial charge is 0.507 e. The van der Waals surface area contributed by atoms with Gasteiger partial charge in [-0.3, -0.25) is 9.59 Å². The number of nitrogens with zero attached hydrogens (tertiary/aromatic N) is 2. The highest BCUT2D eigenvalue weighted by atomic mass is 16.5. The van der Waals surface area contributed by atoms with Gasteiger partial charge in [-0.15, -0.1) is 0 Å². The summed E-state index contributed by atoms with van der Waals surface area (Å²) in [5, 5.41) is 11.3. The van der Waals surface area contributed by atoms with Crippen LogP contribution in [0.3, 0.4) is 0 Å². The molecule has 1 fully saturated rings. The van der Waals surface area contributed by atoms with Crippen LogP contribution in [0.15, 0.2) is 54.1 Å². The highest BCUT2D eigenvalue weighted by Crippen LogP contribution is 2.41. The molecule has 1 saturated heterocycles. The first-order valence-corrected chi connectivity index (χ1v) is 11.9. The van der Waals surface area contributed by atoms with Crippen molar-refractivity contribution in [1.82, 2.24) is 9.80 Å². The van der Waals surface area contributed by atoms with Crippen LogP contribution in [0.25, 0.3) is 5.76 Å². The average Bonchev–Trinajstić information content (AvgIpc) is 3.08. The molecule has 182 valence electrons. The number of ketones is 1. The first-order valence-electron chi connectivity index (χ1n) is 11.9. The number of likely N-dealkylation sites (tertiary alicyclic amines) is 1. The van der Waals surface area contributed by atoms with Crippen LogP contribution in [0.4, 0.5) is 0 Å². The van der Waals surface area contributed by atoms with Crippen LogP contribution in [0, 0.1) is 0 Å². The van der Waals surface area contributed by atoms with Crippen LogP contribution in [0.2, 0.25) is 0 Å². The molecule has 6 heteroatoms. The molecule has 1 N–H and O–H groups in total. The average molecular weight is 465 g/mol. The molecule has 0 saturated carbocycles. The molecule has 2 aromatic carbocycles. The second-order valence-corrected chi connectivity index (χ2v) is 9.59. The van der Waals surface area contributed by atoms with Crippen LogP contribution < -0.4 is 4.74 Å². The topological polar surface area (TPSA) is 70.1 Å². The predicted molar refractivity (Wildman–Crippen MR) is 135 cm³/mol. The Morgan fingerprint density at radius 3 is 2.21 bits per heavy atom. The lowest BCUT2D eigenvalue weighted by Gasteiger charge is -2.29. The van der Waals surface area contributed by atoms with Crippen molar-refractivity contribution in [3.8, 4) is 5.75 Å². The van der Waals surface area contributed by atoms with Gasteiger partial charge in [-0.25, -0.2) is 0 Å². The zero-order chi connectivity index (χ0) is 25.0. The quantitative estimate of drug-likeness (QED) is 0.347. The summed E-state index contributed by atoms with van der Waals surface area (Å²) in [5.41, 5.74) is 2.41. The van der Waals surface area contributed by atoms with E-state index >= 15 is 0 Å². The Bertz CT molecular complexity index is 1060. The number of aliphatic hydroxyl groups is 1. The minimum atomic E-state index is -0.673. The van der Waals surface area contributed by atoms with Gasteiger partial charge < -0.3 is 19.6 Å². The number of hydrogen-bond acceptors (Lipinski definition) is 5. The third kappa shape index (κ3) is 5.02. The summed E-state index contributed by atoms with van der Waals surface area (Å²) in [6.07, 6.45) is 0. The molecule has 3 rings (SSSR count). The van der Waals surface area contributed by atoms with E-state index in [1.165, 1.54) is 7.11 Å². The Morgan fingerprint density at radius 2 is 1.65 bits per heavy atom. The molecule has 1 amide bonds. The molecule has 0 radical (unpaired) electrons. The van der Waals surface area contributed by atoms with Gasteiger partial charge in [0, 0.05) is 13.1 Å². The number of rotatable bonds is 8. The second-order valence-electron chi connectivity index (χ2n) is 9.59. The van der Waals surface area contributed by atoms with E-state index in [4.69, 9.17) is 4.74 Å². The van der Waals surface area contributed by atoms with Gasteiger partial charge >= 0.3 is 0 Å². The number of carbonyl (C=O) groups is 2. The van der Waals surface area contributed by atoms with E-state index in [1.807, 2.05) is 24.3 Å². The number of ether oxygens (including phenoxy) is 1. The standard InChI is InChI=1S/C28H36N2O4/c1-7-29(8-2)17-18-30-24(19-13-15-20(16-14-19)28(3,4)5)23(26(32)27(30)33)25(31)21-11-9-10-12-22(21)34-6/h9-16,24,31H,7-8,17-18H2,1-6H3/b25-23+. The first-order chi connectivity index (χ1) is 16.1. The van der Waals surface area contributed by atoms with E-state index in [0.29, 0.717) is 24.4 Å². The highest BCUT2D eigenvalue weighted by molar-refractivity contribution is 6.46. The van der Waals surface area contributed by atoms with Gasteiger partial charge in [0.1, 0.15) is 11.5 Å². The van der Waals surface area contributed by atoms with Crippen LogP contribution in [-0.4, -0.2) is 59.9 Å². The first kappa shape index (κ1) is 25.5. The van der Waals surface area contributed by atoms with Crippen molar-refractivity contribution < 1.29 is 19.4 Å². The molecule has 0 bridgehead atoms. The number of amides is 1. The molecular formula is C28H36N2O4. The fourth-order valence-electron chi connectivity index (χ4n) is 4.40. The zero-order valence-corrected chi connectivity index (χ0v) is 21.1. The SMILES string of the molecule is CCN(CC)CCN1C(=O)C(=O)/C(=C(/O)c2ccccc2OC)C1c1ccc(C(C)(C)C)cc1. The molecule has 2 aromatic rings. The minimum absolute atomic E-state index is 0.0273. The second kappa shape index (κ2) is 10.4. The summed E-state index contributed by atoms with van der Waals surface area (Å²) < 4.78 is 5.41. The van der Waals surface area contributed by atoms with Crippen molar-refractivity contribution >= 4 is 17.4 Å². The molecule has 6 nitrogen and oxygen atoms in total. The van der Waals surface area contributed by atoms with Crippen molar-refractivity contribution in [1.29, 1.82) is 0 Å². The summed E-state index contributed by atoms with van der Waals surface area (Å²) in [7, 11) is 1.51. The van der Waals surface area contributed by atoms with Gasteiger partial charge in [-0.2, -0.15) is 0 Å². The molecule has 1 aliphatic rings. The maximum absolute atomic E-state index is 13.3. The summed E-state index contributed by atoms with van der Waals surface area (Å²) in [6, 6.07) is 14.3. The number of benzene rings is 2. The summed E-state index contributed by atoms with van der Waals surface area (Å²) in [6.45, 7) is 13.3. The number of Topliss-reactive ketones (excluding diaryl/α,β-unsaturated/α-hetero) is 1. The van der Waals surface area contributed by atoms with Crippen LogP contribution in [-0.2, 0) is 15.0 Å². The molecule has 0 aliphatic carbocycles. The van der Waals surface area contributed by atoms with E-state index in [9.17, 15) is 14.7 Å². The maximum atomic E-state index is 13.3. The number of aliphatic hydroxyl groups excluding tert-OH is 1. The van der Waals surface area contributed by atoms with Crippen LogP contribution in [0.5, 0.6) is 5.75 Å². The summed E-state index contributed by atoms with van der Waals surface area (Å²) >= 11 is 0. The van der Waals surface area contributed by atoms with E-state index in [2.05, 4.69) is 39.5 Å². The minimum Gasteiger partial charge on any atom is -0.507 e. The lowest BCUT2D eigenvalue weighted by molar-refractivity contribution is -0.140. The van der Waals surface area contributed by atoms with E-state index in [1.54, 1.807) is 29.2 Å². The number of para-hydroxylation sites is 1. The fraction of sp³-hybridized carbons (Fsp3) is 0.429. The highest BCUT2D eigenvalue weighted by Gasteiger charge is 2.46. The van der Waals surface area contributed by atoms with Crippen molar-refractivity contribution in [2.45, 2.75) is 46.1 Å². The third-order valence-corrected chi connectivity index (χ3v) is 6.55. The van der Waals surface area contributed by atoms with Crippen molar-refractivity contribution in [3.05, 3.63) is 70.8 Å². The summed E-state index contributed by atoms with van der Waals surface area (Å²) in [5.74, 6) is -1.04. The third-order valence-electron chi connectivity index (χ3n) is 6.55. The van der Waals surface area contributed by atoms with E-state index in [-0.39, 0.29) is 16.7 Å². The molecule has 0 aromatic heterocycles. The van der Waals surface area contributed by atoms with Gasteiger partial charge in [-0.1, -0.05) is 71.0 Å². The van der Waals surface area contributed by atoms with Crippen LogP contribution >= 0.6 is 0 Å². The maximum Gasteiger partial charge on any atom is 0.295 e.